The number of hydrogen-bond donors (Lipinski definition) is 2. The summed E-state index contributed by atoms with van der Waals surface area (Å²) in [6, 6.07) is 8.26. The Morgan fingerprint density at radius 1 is 1.24 bits per heavy atom. The van der Waals surface area contributed by atoms with Crippen LogP contribution in [-0.4, -0.2) is 28.0 Å². The SMILES string of the molecule is CC(NC(=O)C1CCCCN1)c1nc2ccccc2n1C(C)C.Cl.Cl. The number of nitrogens with one attached hydrogen (secondary N) is 2. The van der Waals surface area contributed by atoms with Crippen LogP contribution in [0.5, 0.6) is 0 Å². The lowest BCUT2D eigenvalue weighted by molar-refractivity contribution is -0.124. The fraction of sp³-hybridized carbons (Fsp3) is 0.556. The van der Waals surface area contributed by atoms with E-state index in [4.69, 9.17) is 4.98 Å². The van der Waals surface area contributed by atoms with Crippen LogP contribution in [0.3, 0.4) is 0 Å². The molecule has 2 heterocycles. The van der Waals surface area contributed by atoms with Crippen molar-refractivity contribution in [3.05, 3.63) is 30.1 Å². The quantitative estimate of drug-likeness (QED) is 0.840. The molecule has 0 saturated carbocycles. The van der Waals surface area contributed by atoms with E-state index in [-0.39, 0.29) is 42.8 Å². The van der Waals surface area contributed by atoms with Gasteiger partial charge in [0, 0.05) is 6.04 Å². The van der Waals surface area contributed by atoms with Crippen LogP contribution in [0, 0.1) is 0 Å². The van der Waals surface area contributed by atoms with Crippen LogP contribution in [0.1, 0.15) is 57.9 Å². The first kappa shape index (κ1) is 21.7. The standard InChI is InChI=1S/C18H26N4O.2ClH/c1-12(2)22-16-10-5-4-8-14(16)21-17(22)13(3)20-18(23)15-9-6-7-11-19-15;;/h4-5,8,10,12-13,15,19H,6-7,9,11H2,1-3H3,(H,20,23);2*1H. The van der Waals surface area contributed by atoms with Crippen molar-refractivity contribution in [2.45, 2.75) is 58.2 Å². The number of imidazole rings is 1. The van der Waals surface area contributed by atoms with Gasteiger partial charge in [0.05, 0.1) is 23.1 Å². The van der Waals surface area contributed by atoms with Gasteiger partial charge in [-0.2, -0.15) is 0 Å². The fourth-order valence-corrected chi connectivity index (χ4v) is 3.37. The largest absolute Gasteiger partial charge is 0.345 e. The van der Waals surface area contributed by atoms with E-state index < -0.39 is 0 Å². The zero-order valence-corrected chi connectivity index (χ0v) is 16.6. The van der Waals surface area contributed by atoms with E-state index in [0.29, 0.717) is 6.04 Å². The molecule has 0 spiro atoms. The summed E-state index contributed by atoms with van der Waals surface area (Å²) < 4.78 is 2.22. The molecular formula is C18H28Cl2N4O. The maximum absolute atomic E-state index is 12.5. The molecular weight excluding hydrogens is 359 g/mol. The third-order valence-corrected chi connectivity index (χ3v) is 4.51. The molecule has 1 aromatic carbocycles. The lowest BCUT2D eigenvalue weighted by Gasteiger charge is -2.25. The molecule has 2 atom stereocenters. The Kier molecular flexibility index (Phi) is 8.19. The second-order valence-electron chi connectivity index (χ2n) is 6.66. The van der Waals surface area contributed by atoms with E-state index in [2.05, 4.69) is 35.1 Å². The van der Waals surface area contributed by atoms with Gasteiger partial charge in [-0.1, -0.05) is 18.6 Å². The Bertz CT molecular complexity index is 695. The Morgan fingerprint density at radius 2 is 1.96 bits per heavy atom. The molecule has 2 unspecified atom stereocenters. The number of carbonyl (C=O) groups excluding carboxylic acids is 1. The van der Waals surface area contributed by atoms with Gasteiger partial charge in [0.2, 0.25) is 5.91 Å². The average molecular weight is 387 g/mol. The molecule has 1 fully saturated rings. The number of carbonyl (C=O) groups is 1. The maximum atomic E-state index is 12.5. The van der Waals surface area contributed by atoms with Gasteiger partial charge in [-0.05, 0) is 52.3 Å². The number of fused-ring (bicyclic) bond motifs is 1. The molecule has 0 bridgehead atoms. The van der Waals surface area contributed by atoms with Gasteiger partial charge in [0.15, 0.2) is 0 Å². The van der Waals surface area contributed by atoms with Crippen LogP contribution in [0.2, 0.25) is 0 Å². The van der Waals surface area contributed by atoms with E-state index in [0.717, 1.165) is 42.7 Å². The molecule has 0 radical (unpaired) electrons. The lowest BCUT2D eigenvalue weighted by atomic mass is 10.0. The first-order valence-electron chi connectivity index (χ1n) is 8.58. The summed E-state index contributed by atoms with van der Waals surface area (Å²) in [6.45, 7) is 7.24. The second kappa shape index (κ2) is 9.41. The molecule has 1 aromatic heterocycles. The van der Waals surface area contributed by atoms with Gasteiger partial charge in [-0.3, -0.25) is 4.79 Å². The summed E-state index contributed by atoms with van der Waals surface area (Å²) >= 11 is 0. The van der Waals surface area contributed by atoms with Gasteiger partial charge in [0.1, 0.15) is 5.82 Å². The van der Waals surface area contributed by atoms with Crippen LogP contribution in [0.25, 0.3) is 11.0 Å². The van der Waals surface area contributed by atoms with Crippen molar-refractivity contribution in [2.75, 3.05) is 6.54 Å². The molecule has 5 nitrogen and oxygen atoms in total. The van der Waals surface area contributed by atoms with Crippen LogP contribution < -0.4 is 10.6 Å². The highest BCUT2D eigenvalue weighted by atomic mass is 35.5. The van der Waals surface area contributed by atoms with E-state index in [1.165, 1.54) is 0 Å². The number of halogens is 2. The summed E-state index contributed by atoms with van der Waals surface area (Å²) in [4.78, 5) is 17.2. The lowest BCUT2D eigenvalue weighted by Crippen LogP contribution is -2.47. The van der Waals surface area contributed by atoms with E-state index in [1.807, 2.05) is 25.1 Å². The number of nitrogens with zero attached hydrogens (tertiary/aromatic N) is 2. The van der Waals surface area contributed by atoms with Gasteiger partial charge in [-0.25, -0.2) is 4.98 Å². The third kappa shape index (κ3) is 4.66. The average Bonchev–Trinajstić information content (AvgIpc) is 2.95. The van der Waals surface area contributed by atoms with Crippen molar-refractivity contribution in [3.8, 4) is 0 Å². The first-order valence-corrected chi connectivity index (χ1v) is 8.58. The summed E-state index contributed by atoms with van der Waals surface area (Å²) in [5.74, 6) is 1.00. The third-order valence-electron chi connectivity index (χ3n) is 4.51. The van der Waals surface area contributed by atoms with Gasteiger partial charge in [-0.15, -0.1) is 24.8 Å². The number of benzene rings is 1. The van der Waals surface area contributed by atoms with Gasteiger partial charge in [0.25, 0.3) is 0 Å². The summed E-state index contributed by atoms with van der Waals surface area (Å²) in [7, 11) is 0. The zero-order valence-electron chi connectivity index (χ0n) is 15.0. The Balaban J connectivity index is 0.00000156. The number of amides is 1. The van der Waals surface area contributed by atoms with Gasteiger partial charge < -0.3 is 15.2 Å². The molecule has 140 valence electrons. The molecule has 1 amide bonds. The Morgan fingerprint density at radius 3 is 2.60 bits per heavy atom. The van der Waals surface area contributed by atoms with Crippen molar-refractivity contribution >= 4 is 41.8 Å². The van der Waals surface area contributed by atoms with Crippen molar-refractivity contribution in [1.29, 1.82) is 0 Å². The smallest absolute Gasteiger partial charge is 0.237 e. The van der Waals surface area contributed by atoms with E-state index in [1.54, 1.807) is 0 Å². The molecule has 3 rings (SSSR count). The molecule has 2 N–H and O–H groups in total. The number of para-hydroxylation sites is 2. The monoisotopic (exact) mass is 386 g/mol. The van der Waals surface area contributed by atoms with Crippen LogP contribution in [0.15, 0.2) is 24.3 Å². The predicted octanol–water partition coefficient (Wildman–Crippen LogP) is 3.78. The maximum Gasteiger partial charge on any atom is 0.237 e. The second-order valence-corrected chi connectivity index (χ2v) is 6.66. The fourth-order valence-electron chi connectivity index (χ4n) is 3.37. The van der Waals surface area contributed by atoms with Crippen molar-refractivity contribution in [2.24, 2.45) is 0 Å². The zero-order chi connectivity index (χ0) is 16.4. The van der Waals surface area contributed by atoms with Crippen LogP contribution in [-0.2, 0) is 4.79 Å². The van der Waals surface area contributed by atoms with Crippen molar-refractivity contribution < 1.29 is 4.79 Å². The number of piperidine rings is 1. The van der Waals surface area contributed by atoms with Crippen LogP contribution in [0.4, 0.5) is 0 Å². The normalized spacial score (nSPS) is 18.3. The molecule has 7 heteroatoms. The molecule has 25 heavy (non-hydrogen) atoms. The Labute approximate surface area is 161 Å². The van der Waals surface area contributed by atoms with Crippen molar-refractivity contribution in [3.63, 3.8) is 0 Å². The minimum absolute atomic E-state index is 0. The topological polar surface area (TPSA) is 59.0 Å². The minimum atomic E-state index is -0.110. The molecule has 2 aromatic rings. The van der Waals surface area contributed by atoms with E-state index in [9.17, 15) is 4.79 Å². The van der Waals surface area contributed by atoms with Crippen LogP contribution >= 0.6 is 24.8 Å². The minimum Gasteiger partial charge on any atom is -0.345 e. The number of aromatic nitrogens is 2. The summed E-state index contributed by atoms with van der Waals surface area (Å²) in [6.07, 6.45) is 3.19. The molecule has 0 aliphatic carbocycles. The number of rotatable bonds is 4. The first-order chi connectivity index (χ1) is 11.1. The number of hydrogen-bond acceptors (Lipinski definition) is 3. The highest BCUT2D eigenvalue weighted by molar-refractivity contribution is 5.85. The van der Waals surface area contributed by atoms with E-state index >= 15 is 0 Å². The summed E-state index contributed by atoms with van der Waals surface area (Å²) in [5.41, 5.74) is 2.10. The van der Waals surface area contributed by atoms with Crippen molar-refractivity contribution in [1.82, 2.24) is 20.2 Å². The Hall–Kier alpha value is -1.30. The summed E-state index contributed by atoms with van der Waals surface area (Å²) in [5, 5.41) is 6.44. The molecule has 1 aliphatic heterocycles. The highest BCUT2D eigenvalue weighted by Crippen LogP contribution is 2.25. The highest BCUT2D eigenvalue weighted by Gasteiger charge is 2.25. The molecule has 1 saturated heterocycles. The molecule has 1 aliphatic rings. The van der Waals surface area contributed by atoms with Gasteiger partial charge >= 0.3 is 0 Å². The predicted molar refractivity (Wildman–Crippen MR) is 107 cm³/mol.